The van der Waals surface area contributed by atoms with E-state index < -0.39 is 0 Å². The van der Waals surface area contributed by atoms with Gasteiger partial charge < -0.3 is 18.3 Å². The van der Waals surface area contributed by atoms with Crippen LogP contribution in [0.4, 0.5) is 17.1 Å². The maximum Gasteiger partial charge on any atom is 0.159 e. The van der Waals surface area contributed by atoms with Crippen molar-refractivity contribution in [3.8, 4) is 11.1 Å². The van der Waals surface area contributed by atoms with E-state index in [1.54, 1.807) is 0 Å². The van der Waals surface area contributed by atoms with Gasteiger partial charge in [0.15, 0.2) is 11.3 Å². The number of furan rings is 2. The molecular weight excluding hydrogens is 673 g/mol. The summed E-state index contributed by atoms with van der Waals surface area (Å²) in [6.07, 6.45) is 4.32. The second-order valence-electron chi connectivity index (χ2n) is 15.6. The molecule has 4 heteroatoms. The Hall–Kier alpha value is -6.78. The standard InChI is InChI=1S/C51H36N2O2/c1-51(2)39-18-6-8-20-43(39)53(46-22-12-17-37-35-15-5-10-24-48(35)55-50(37)46)44-28-26-32(30-40(44)51)31-25-27-42-38(29-31)33-13-3-7-19-41(33)52(42)45-21-11-16-36-34-14-4-9-23-47(34)54-49(36)45/h3-10,12-15,17-30H,11,16H2,1-2H3. The van der Waals surface area contributed by atoms with Crippen LogP contribution in [0.3, 0.4) is 0 Å². The summed E-state index contributed by atoms with van der Waals surface area (Å²) in [5, 5.41) is 5.95. The van der Waals surface area contributed by atoms with E-state index in [2.05, 4.69) is 175 Å². The van der Waals surface area contributed by atoms with Crippen LogP contribution in [0.5, 0.6) is 0 Å². The average molecular weight is 709 g/mol. The molecule has 3 aromatic heterocycles. The molecule has 1 aliphatic carbocycles. The van der Waals surface area contributed by atoms with Crippen molar-refractivity contribution >= 4 is 77.5 Å². The first kappa shape index (κ1) is 30.7. The minimum Gasteiger partial charge on any atom is -0.454 e. The molecule has 1 aliphatic heterocycles. The van der Waals surface area contributed by atoms with Gasteiger partial charge in [0.1, 0.15) is 11.2 Å². The topological polar surface area (TPSA) is 34.5 Å². The van der Waals surface area contributed by atoms with Gasteiger partial charge in [0, 0.05) is 37.9 Å². The quantitative estimate of drug-likeness (QED) is 0.183. The maximum atomic E-state index is 6.61. The van der Waals surface area contributed by atoms with Crippen LogP contribution in [0.15, 0.2) is 167 Å². The summed E-state index contributed by atoms with van der Waals surface area (Å²) in [6.45, 7) is 4.71. The predicted octanol–water partition coefficient (Wildman–Crippen LogP) is 14.1. The number of benzene rings is 7. The lowest BCUT2D eigenvalue weighted by molar-refractivity contribution is 0.585. The minimum atomic E-state index is -0.238. The van der Waals surface area contributed by atoms with Crippen LogP contribution >= 0.6 is 0 Å². The zero-order valence-electron chi connectivity index (χ0n) is 30.6. The molecule has 0 unspecified atom stereocenters. The molecule has 0 fully saturated rings. The molecule has 2 aliphatic rings. The highest BCUT2D eigenvalue weighted by molar-refractivity contribution is 6.13. The maximum absolute atomic E-state index is 6.61. The number of hydrogen-bond donors (Lipinski definition) is 0. The first-order valence-corrected chi connectivity index (χ1v) is 19.2. The largest absolute Gasteiger partial charge is 0.454 e. The van der Waals surface area contributed by atoms with Crippen molar-refractivity contribution in [2.45, 2.75) is 32.1 Å². The van der Waals surface area contributed by atoms with E-state index >= 15 is 0 Å². The van der Waals surface area contributed by atoms with Crippen LogP contribution in [0.2, 0.25) is 0 Å². The van der Waals surface area contributed by atoms with Gasteiger partial charge in [0.05, 0.1) is 33.8 Å². The van der Waals surface area contributed by atoms with Gasteiger partial charge in [0.25, 0.3) is 0 Å². The Bertz CT molecular complexity index is 3260. The van der Waals surface area contributed by atoms with Crippen molar-refractivity contribution in [3.63, 3.8) is 0 Å². The molecule has 0 bridgehead atoms. The lowest BCUT2D eigenvalue weighted by Gasteiger charge is -2.42. The highest BCUT2D eigenvalue weighted by Crippen LogP contribution is 2.54. The van der Waals surface area contributed by atoms with Crippen molar-refractivity contribution in [3.05, 3.63) is 180 Å². The van der Waals surface area contributed by atoms with E-state index in [1.165, 1.54) is 66.4 Å². The van der Waals surface area contributed by atoms with E-state index in [0.717, 1.165) is 57.5 Å². The normalized spacial score (nSPS) is 14.8. The Labute approximate surface area is 318 Å². The number of rotatable bonds is 3. The Kier molecular flexibility index (Phi) is 6.20. The predicted molar refractivity (Wildman–Crippen MR) is 227 cm³/mol. The fourth-order valence-electron chi connectivity index (χ4n) is 9.66. The molecule has 4 nitrogen and oxygen atoms in total. The zero-order chi connectivity index (χ0) is 36.4. The van der Waals surface area contributed by atoms with Gasteiger partial charge >= 0.3 is 0 Å². The monoisotopic (exact) mass is 708 g/mol. The fourth-order valence-corrected chi connectivity index (χ4v) is 9.66. The van der Waals surface area contributed by atoms with Gasteiger partial charge in [-0.25, -0.2) is 0 Å². The highest BCUT2D eigenvalue weighted by atomic mass is 16.3. The molecule has 55 heavy (non-hydrogen) atoms. The number of allylic oxidation sites excluding steroid dienone is 1. The van der Waals surface area contributed by atoms with Gasteiger partial charge in [-0.2, -0.15) is 0 Å². The molecule has 10 aromatic rings. The van der Waals surface area contributed by atoms with E-state index in [0.29, 0.717) is 0 Å². The number of aryl methyl sites for hydroxylation is 1. The molecule has 0 spiro atoms. The smallest absolute Gasteiger partial charge is 0.159 e. The van der Waals surface area contributed by atoms with Crippen LogP contribution in [0.25, 0.3) is 71.5 Å². The van der Waals surface area contributed by atoms with Gasteiger partial charge in [-0.15, -0.1) is 0 Å². The van der Waals surface area contributed by atoms with Gasteiger partial charge in [0.2, 0.25) is 0 Å². The van der Waals surface area contributed by atoms with E-state index in [4.69, 9.17) is 8.83 Å². The summed E-state index contributed by atoms with van der Waals surface area (Å²) in [4.78, 5) is 2.41. The van der Waals surface area contributed by atoms with Crippen LogP contribution < -0.4 is 4.90 Å². The van der Waals surface area contributed by atoms with Crippen molar-refractivity contribution in [2.75, 3.05) is 4.90 Å². The summed E-state index contributed by atoms with van der Waals surface area (Å²) in [5.74, 6) is 0.985. The third-order valence-electron chi connectivity index (χ3n) is 12.3. The summed E-state index contributed by atoms with van der Waals surface area (Å²) < 4.78 is 15.6. The first-order chi connectivity index (χ1) is 27.0. The van der Waals surface area contributed by atoms with Crippen molar-refractivity contribution in [1.29, 1.82) is 0 Å². The number of nitrogens with zero attached hydrogens (tertiary/aromatic N) is 2. The molecule has 0 amide bonds. The second-order valence-corrected chi connectivity index (χ2v) is 15.6. The summed E-state index contributed by atoms with van der Waals surface area (Å²) in [5.41, 5.74) is 15.7. The van der Waals surface area contributed by atoms with Gasteiger partial charge in [-0.3, -0.25) is 0 Å². The third-order valence-corrected chi connectivity index (χ3v) is 12.3. The first-order valence-electron chi connectivity index (χ1n) is 19.2. The molecule has 12 rings (SSSR count). The van der Waals surface area contributed by atoms with E-state index in [9.17, 15) is 0 Å². The summed E-state index contributed by atoms with van der Waals surface area (Å²) >= 11 is 0. The SMILES string of the molecule is CC1(C)c2ccccc2N(c2cccc3c2oc2ccccc23)c2ccc(-c3ccc4c(c3)c3ccccc3n4C3=CCCc4c3oc3ccccc43)cc21. The summed E-state index contributed by atoms with van der Waals surface area (Å²) in [6, 6.07) is 54.9. The molecule has 0 saturated heterocycles. The lowest BCUT2D eigenvalue weighted by atomic mass is 9.73. The van der Waals surface area contributed by atoms with Crippen molar-refractivity contribution in [2.24, 2.45) is 0 Å². The zero-order valence-corrected chi connectivity index (χ0v) is 30.6. The molecular formula is C51H36N2O2. The lowest BCUT2D eigenvalue weighted by Crippen LogP contribution is -2.30. The van der Waals surface area contributed by atoms with Crippen LogP contribution in [-0.4, -0.2) is 4.57 Å². The molecule has 0 N–H and O–H groups in total. The number of aromatic nitrogens is 1. The van der Waals surface area contributed by atoms with Gasteiger partial charge in [-0.05, 0) is 89.7 Å². The molecule has 0 saturated carbocycles. The number of hydrogen-bond acceptors (Lipinski definition) is 3. The molecule has 0 atom stereocenters. The number of anilines is 3. The molecule has 4 heterocycles. The Morgan fingerprint density at radius 3 is 2.05 bits per heavy atom. The van der Waals surface area contributed by atoms with E-state index in [1.807, 2.05) is 6.07 Å². The van der Waals surface area contributed by atoms with E-state index in [-0.39, 0.29) is 5.41 Å². The Morgan fingerprint density at radius 1 is 0.509 bits per heavy atom. The Morgan fingerprint density at radius 2 is 1.16 bits per heavy atom. The number of fused-ring (bicyclic) bond motifs is 11. The van der Waals surface area contributed by atoms with Gasteiger partial charge in [-0.1, -0.05) is 117 Å². The second kappa shape index (κ2) is 11.1. The summed E-state index contributed by atoms with van der Waals surface area (Å²) in [7, 11) is 0. The minimum absolute atomic E-state index is 0.238. The van der Waals surface area contributed by atoms with Crippen molar-refractivity contribution < 1.29 is 8.83 Å². The molecule has 262 valence electrons. The van der Waals surface area contributed by atoms with Crippen molar-refractivity contribution in [1.82, 2.24) is 4.57 Å². The van der Waals surface area contributed by atoms with Crippen LogP contribution in [-0.2, 0) is 11.8 Å². The highest BCUT2D eigenvalue weighted by Gasteiger charge is 2.38. The Balaban J connectivity index is 1.04. The number of para-hydroxylation sites is 5. The third kappa shape index (κ3) is 4.22. The molecule has 7 aromatic carbocycles. The van der Waals surface area contributed by atoms with Crippen LogP contribution in [0, 0.1) is 0 Å². The average Bonchev–Trinajstić information content (AvgIpc) is 3.91. The molecule has 0 radical (unpaired) electrons. The fraction of sp³-hybridized carbons (Fsp3) is 0.0980. The van der Waals surface area contributed by atoms with Crippen LogP contribution in [0.1, 0.15) is 42.7 Å².